The average Bonchev–Trinajstić information content (AvgIpc) is 2.53. The summed E-state index contributed by atoms with van der Waals surface area (Å²) in [6.45, 7) is 1.79. The number of hydrogen-bond acceptors (Lipinski definition) is 5. The van der Waals surface area contributed by atoms with Gasteiger partial charge in [-0.05, 0) is 30.2 Å². The molecule has 0 radical (unpaired) electrons. The van der Waals surface area contributed by atoms with Crippen molar-refractivity contribution < 1.29 is 27.6 Å². The first-order valence-electron chi connectivity index (χ1n) is 6.90. The average molecular weight is 353 g/mol. The zero-order valence-corrected chi connectivity index (χ0v) is 13.9. The van der Waals surface area contributed by atoms with E-state index in [1.54, 1.807) is 12.1 Å². The van der Waals surface area contributed by atoms with Gasteiger partial charge < -0.3 is 15.6 Å². The van der Waals surface area contributed by atoms with Crippen molar-refractivity contribution in [2.45, 2.75) is 18.4 Å². The quantitative estimate of drug-likeness (QED) is 0.700. The van der Waals surface area contributed by atoms with Crippen LogP contribution < -0.4 is 10.5 Å². The molecule has 8 heteroatoms. The third-order valence-corrected chi connectivity index (χ3v) is 3.68. The Morgan fingerprint density at radius 1 is 1.17 bits per heavy atom. The van der Waals surface area contributed by atoms with Gasteiger partial charge in [-0.15, -0.1) is 0 Å². The maximum absolute atomic E-state index is 11.3. The van der Waals surface area contributed by atoms with Crippen molar-refractivity contribution in [3.8, 4) is 5.75 Å². The van der Waals surface area contributed by atoms with Gasteiger partial charge in [-0.25, -0.2) is 0 Å². The molecular weight excluding hydrogens is 334 g/mol. The Hall–Kier alpha value is -2.42. The van der Waals surface area contributed by atoms with Crippen LogP contribution in [0.2, 0.25) is 0 Å². The van der Waals surface area contributed by atoms with Crippen molar-refractivity contribution in [2.24, 2.45) is 5.73 Å². The lowest BCUT2D eigenvalue weighted by molar-refractivity contribution is -0.135. The first kappa shape index (κ1) is 19.6. The number of carboxylic acid groups (broad SMARTS) is 1. The minimum absolute atomic E-state index is 0.159. The second-order valence-corrected chi connectivity index (χ2v) is 6.19. The summed E-state index contributed by atoms with van der Waals surface area (Å²) in [5.41, 5.74) is 6.35. The molecule has 0 fully saturated rings. The summed E-state index contributed by atoms with van der Waals surface area (Å²) >= 11 is 0. The van der Waals surface area contributed by atoms with Crippen LogP contribution in [0.3, 0.4) is 0 Å². The van der Waals surface area contributed by atoms with E-state index >= 15 is 0 Å². The zero-order valence-electron chi connectivity index (χ0n) is 13.0. The summed E-state index contributed by atoms with van der Waals surface area (Å²) in [6.07, 6.45) is 0. The minimum atomic E-state index is -4.28. The first-order chi connectivity index (χ1) is 11.2. The molecule has 0 aromatic heterocycles. The Labute approximate surface area is 140 Å². The molecule has 0 bridgehead atoms. The van der Waals surface area contributed by atoms with Crippen LogP contribution in [0.25, 0.3) is 0 Å². The van der Waals surface area contributed by atoms with Gasteiger partial charge >= 0.3 is 5.97 Å². The smallest absolute Gasteiger partial charge is 0.317 e. The van der Waals surface area contributed by atoms with Gasteiger partial charge in [0.2, 0.25) is 0 Å². The number of nitrogens with two attached hydrogens (primary N) is 1. The van der Waals surface area contributed by atoms with Crippen LogP contribution in [0.4, 0.5) is 0 Å². The van der Waals surface area contributed by atoms with Gasteiger partial charge in [0.1, 0.15) is 17.3 Å². The molecule has 0 saturated carbocycles. The number of aryl methyl sites for hydroxylation is 1. The van der Waals surface area contributed by atoms with Gasteiger partial charge in [0.15, 0.2) is 0 Å². The Kier molecular flexibility index (Phi) is 7.37. The van der Waals surface area contributed by atoms with E-state index in [2.05, 4.69) is 5.73 Å². The fourth-order valence-corrected chi connectivity index (χ4v) is 2.29. The molecule has 2 aromatic rings. The fraction of sp³-hybridized carbons (Fsp3) is 0.188. The van der Waals surface area contributed by atoms with Crippen LogP contribution in [0.5, 0.6) is 5.75 Å². The highest BCUT2D eigenvalue weighted by Crippen LogP contribution is 2.25. The largest absolute Gasteiger partial charge is 0.487 e. The van der Waals surface area contributed by atoms with Crippen LogP contribution in [0.1, 0.15) is 11.1 Å². The second kappa shape index (κ2) is 9.02. The molecule has 7 nitrogen and oxygen atoms in total. The van der Waals surface area contributed by atoms with Crippen LogP contribution in [0, 0.1) is 6.92 Å². The Morgan fingerprint density at radius 2 is 1.75 bits per heavy atom. The maximum atomic E-state index is 11.3. The van der Waals surface area contributed by atoms with Crippen LogP contribution in [0.15, 0.2) is 53.4 Å². The standard InChI is InChI=1S/C14H14O4S.C2H5NO2/c1-11-7-8-14(19(15,16)17)13(9-11)18-10-12-5-3-2-4-6-12;3-1-2(4)5/h2-9H,10H2,1H3,(H,15,16,17);1,3H2,(H,4,5). The number of benzene rings is 2. The molecule has 0 aliphatic heterocycles. The lowest BCUT2D eigenvalue weighted by Gasteiger charge is -2.10. The van der Waals surface area contributed by atoms with Crippen molar-refractivity contribution in [1.29, 1.82) is 0 Å². The monoisotopic (exact) mass is 353 g/mol. The minimum Gasteiger partial charge on any atom is -0.487 e. The summed E-state index contributed by atoms with van der Waals surface area (Å²) in [7, 11) is -4.28. The molecule has 130 valence electrons. The van der Waals surface area contributed by atoms with Crippen LogP contribution in [-0.2, 0) is 21.5 Å². The van der Waals surface area contributed by atoms with Gasteiger partial charge in [-0.2, -0.15) is 8.42 Å². The van der Waals surface area contributed by atoms with Crippen LogP contribution >= 0.6 is 0 Å². The highest BCUT2D eigenvalue weighted by molar-refractivity contribution is 7.86. The molecule has 0 spiro atoms. The van der Waals surface area contributed by atoms with Gasteiger partial charge in [-0.3, -0.25) is 9.35 Å². The molecule has 0 atom stereocenters. The van der Waals surface area contributed by atoms with Crippen molar-refractivity contribution in [1.82, 2.24) is 0 Å². The Morgan fingerprint density at radius 3 is 2.25 bits per heavy atom. The number of carboxylic acids is 1. The van der Waals surface area contributed by atoms with E-state index in [9.17, 15) is 13.2 Å². The van der Waals surface area contributed by atoms with Crippen LogP contribution in [-0.4, -0.2) is 30.6 Å². The van der Waals surface area contributed by atoms with Gasteiger partial charge in [0, 0.05) is 0 Å². The number of ether oxygens (including phenoxy) is 1. The van der Waals surface area contributed by atoms with E-state index in [4.69, 9.17) is 14.4 Å². The van der Waals surface area contributed by atoms with Crippen molar-refractivity contribution >= 4 is 16.1 Å². The normalized spacial score (nSPS) is 10.5. The highest BCUT2D eigenvalue weighted by atomic mass is 32.2. The molecular formula is C16H19NO6S. The molecule has 0 aliphatic carbocycles. The highest BCUT2D eigenvalue weighted by Gasteiger charge is 2.16. The van der Waals surface area contributed by atoms with Crippen molar-refractivity contribution in [3.63, 3.8) is 0 Å². The predicted molar refractivity (Wildman–Crippen MR) is 88.5 cm³/mol. The molecule has 2 rings (SSSR count). The van der Waals surface area contributed by atoms with E-state index in [-0.39, 0.29) is 23.8 Å². The molecule has 0 amide bonds. The third kappa shape index (κ3) is 6.78. The van der Waals surface area contributed by atoms with Crippen molar-refractivity contribution in [3.05, 3.63) is 59.7 Å². The lowest BCUT2D eigenvalue weighted by atomic mass is 10.2. The number of rotatable bonds is 5. The summed E-state index contributed by atoms with van der Waals surface area (Å²) in [6, 6.07) is 13.9. The SMILES string of the molecule is Cc1ccc(S(=O)(=O)O)c(OCc2ccccc2)c1.NCC(=O)O. The molecule has 4 N–H and O–H groups in total. The van der Waals surface area contributed by atoms with E-state index in [0.717, 1.165) is 11.1 Å². The number of carbonyl (C=O) groups is 1. The fourth-order valence-electron chi connectivity index (χ4n) is 1.68. The van der Waals surface area contributed by atoms with E-state index in [1.165, 1.54) is 6.07 Å². The first-order valence-corrected chi connectivity index (χ1v) is 8.34. The molecule has 0 unspecified atom stereocenters. The maximum Gasteiger partial charge on any atom is 0.317 e. The summed E-state index contributed by atoms with van der Waals surface area (Å²) < 4.78 is 37.1. The zero-order chi connectivity index (χ0) is 18.2. The Bertz CT molecular complexity index is 774. The summed E-state index contributed by atoms with van der Waals surface area (Å²) in [5, 5.41) is 7.60. The molecule has 0 heterocycles. The molecule has 24 heavy (non-hydrogen) atoms. The number of hydrogen-bond donors (Lipinski definition) is 3. The second-order valence-electron chi connectivity index (χ2n) is 4.80. The van der Waals surface area contributed by atoms with Gasteiger partial charge in [-0.1, -0.05) is 36.4 Å². The molecule has 0 saturated heterocycles. The molecule has 2 aromatic carbocycles. The van der Waals surface area contributed by atoms with Gasteiger partial charge in [0.25, 0.3) is 10.1 Å². The predicted octanol–water partition coefficient (Wildman–Crippen LogP) is 1.85. The Balaban J connectivity index is 0.000000505. The topological polar surface area (TPSA) is 127 Å². The molecule has 0 aliphatic rings. The third-order valence-electron chi connectivity index (χ3n) is 2.79. The van der Waals surface area contributed by atoms with Crippen molar-refractivity contribution in [2.75, 3.05) is 6.54 Å². The van der Waals surface area contributed by atoms with Gasteiger partial charge in [0.05, 0.1) is 6.54 Å². The van der Waals surface area contributed by atoms with E-state index in [0.29, 0.717) is 0 Å². The summed E-state index contributed by atoms with van der Waals surface area (Å²) in [5.74, 6) is -0.809. The van der Waals surface area contributed by atoms with E-state index in [1.807, 2.05) is 37.3 Å². The van der Waals surface area contributed by atoms with E-state index < -0.39 is 16.1 Å². The summed E-state index contributed by atoms with van der Waals surface area (Å²) in [4.78, 5) is 9.03. The number of aliphatic carboxylic acids is 1. The lowest BCUT2D eigenvalue weighted by Crippen LogP contribution is -2.10.